The largest absolute Gasteiger partial charge is 0.462 e. The van der Waals surface area contributed by atoms with Crippen molar-refractivity contribution in [2.75, 3.05) is 13.2 Å². The van der Waals surface area contributed by atoms with Gasteiger partial charge < -0.3 is 14.2 Å². The zero-order valence-electron chi connectivity index (χ0n) is 51.4. The number of hydrogen-bond donors (Lipinski definition) is 0. The summed E-state index contributed by atoms with van der Waals surface area (Å²) >= 11 is 0. The number of carbonyl (C=O) groups is 3. The second kappa shape index (κ2) is 65.8. The van der Waals surface area contributed by atoms with Crippen molar-refractivity contribution in [1.29, 1.82) is 0 Å². The van der Waals surface area contributed by atoms with Crippen molar-refractivity contribution in [3.05, 3.63) is 97.2 Å². The Balaban J connectivity index is 4.43. The molecule has 0 aromatic heterocycles. The summed E-state index contributed by atoms with van der Waals surface area (Å²) in [4.78, 5) is 38.4. The van der Waals surface area contributed by atoms with Gasteiger partial charge in [0.1, 0.15) is 13.2 Å². The van der Waals surface area contributed by atoms with E-state index in [9.17, 15) is 14.4 Å². The quantitative estimate of drug-likeness (QED) is 0.0261. The van der Waals surface area contributed by atoms with Gasteiger partial charge in [-0.1, -0.05) is 298 Å². The Labute approximate surface area is 483 Å². The van der Waals surface area contributed by atoms with E-state index in [1.54, 1.807) is 0 Å². The number of hydrogen-bond acceptors (Lipinski definition) is 6. The van der Waals surface area contributed by atoms with Crippen molar-refractivity contribution < 1.29 is 28.6 Å². The normalized spacial score (nSPS) is 12.7. The molecule has 0 amide bonds. The highest BCUT2D eigenvalue weighted by molar-refractivity contribution is 5.71. The smallest absolute Gasteiger partial charge is 0.306 e. The van der Waals surface area contributed by atoms with Crippen molar-refractivity contribution in [3.63, 3.8) is 0 Å². The Bertz CT molecular complexity index is 1530. The molecule has 0 spiro atoms. The lowest BCUT2D eigenvalue weighted by Crippen LogP contribution is -2.30. The van der Waals surface area contributed by atoms with Crippen LogP contribution in [0.4, 0.5) is 0 Å². The molecule has 0 bridgehead atoms. The summed E-state index contributed by atoms with van der Waals surface area (Å²) < 4.78 is 16.9. The van der Waals surface area contributed by atoms with Gasteiger partial charge in [-0.3, -0.25) is 14.4 Å². The summed E-state index contributed by atoms with van der Waals surface area (Å²) in [6, 6.07) is 0. The first-order valence-electron chi connectivity index (χ1n) is 33.2. The number of ether oxygens (including phenoxy) is 3. The molecule has 0 rings (SSSR count). The van der Waals surface area contributed by atoms with E-state index >= 15 is 0 Å². The molecule has 0 heterocycles. The number of esters is 3. The molecule has 0 aromatic rings. The van der Waals surface area contributed by atoms with E-state index in [2.05, 4.69) is 118 Å². The molecule has 0 aromatic carbocycles. The third-order valence-electron chi connectivity index (χ3n) is 14.3. The second-order valence-corrected chi connectivity index (χ2v) is 22.0. The summed E-state index contributed by atoms with van der Waals surface area (Å²) in [5, 5.41) is 0. The predicted molar refractivity (Wildman–Crippen MR) is 339 cm³/mol. The average molecular weight is 1090 g/mol. The van der Waals surface area contributed by atoms with Gasteiger partial charge >= 0.3 is 17.9 Å². The summed E-state index contributed by atoms with van der Waals surface area (Å²) in [5.41, 5.74) is 0. The van der Waals surface area contributed by atoms with Crippen LogP contribution in [0.2, 0.25) is 0 Å². The van der Waals surface area contributed by atoms with Crippen molar-refractivity contribution >= 4 is 17.9 Å². The minimum atomic E-state index is -0.795. The molecule has 0 saturated heterocycles. The van der Waals surface area contributed by atoms with E-state index in [4.69, 9.17) is 14.2 Å². The standard InChI is InChI=1S/C72H124O6/c1-4-7-10-13-16-19-22-25-28-31-33-34-35-36-37-38-39-42-44-47-50-53-56-59-62-65-71(74)77-68-69(67-76-70(73)64-61-58-55-52-49-46-43-40-30-27-24-21-18-15-12-9-6-3)78-72(75)66-63-60-57-54-51-48-45-41-32-29-26-23-20-17-14-11-8-5-2/h7,10,16,19,25,28-29,32-34,36-37,39,42,47,50,69H,4-6,8-9,11-15,17-18,20-24,26-27,30-31,35,38,40-41,43-46,48-49,51-68H2,1-3H3/b10-7-,19-16-,28-25-,32-29-,34-33-,37-36-,42-39-,50-47-. The van der Waals surface area contributed by atoms with Crippen LogP contribution in [0.25, 0.3) is 0 Å². The Morgan fingerprint density at radius 2 is 0.500 bits per heavy atom. The number of carbonyl (C=O) groups excluding carboxylic acids is 3. The number of allylic oxidation sites excluding steroid dienone is 16. The van der Waals surface area contributed by atoms with Gasteiger partial charge in [0.05, 0.1) is 0 Å². The molecule has 0 aliphatic rings. The molecule has 0 saturated carbocycles. The summed E-state index contributed by atoms with van der Waals surface area (Å²) in [6.45, 7) is 6.53. The monoisotopic (exact) mass is 1080 g/mol. The minimum Gasteiger partial charge on any atom is -0.462 e. The van der Waals surface area contributed by atoms with Crippen LogP contribution in [0, 0.1) is 0 Å². The van der Waals surface area contributed by atoms with Crippen LogP contribution in [0.3, 0.4) is 0 Å². The van der Waals surface area contributed by atoms with Crippen molar-refractivity contribution in [3.8, 4) is 0 Å². The number of unbranched alkanes of at least 4 members (excludes halogenated alkanes) is 33. The van der Waals surface area contributed by atoms with Crippen LogP contribution in [0.1, 0.15) is 323 Å². The van der Waals surface area contributed by atoms with Gasteiger partial charge in [-0.05, 0) is 103 Å². The van der Waals surface area contributed by atoms with E-state index in [1.165, 1.54) is 173 Å². The van der Waals surface area contributed by atoms with Crippen molar-refractivity contribution in [1.82, 2.24) is 0 Å². The maximum absolute atomic E-state index is 12.9. The lowest BCUT2D eigenvalue weighted by molar-refractivity contribution is -0.167. The summed E-state index contributed by atoms with van der Waals surface area (Å²) in [7, 11) is 0. The first kappa shape index (κ1) is 74.3. The van der Waals surface area contributed by atoms with Crippen LogP contribution in [-0.4, -0.2) is 37.2 Å². The van der Waals surface area contributed by atoms with Gasteiger partial charge in [0.2, 0.25) is 0 Å². The topological polar surface area (TPSA) is 78.9 Å². The molecule has 6 nitrogen and oxygen atoms in total. The van der Waals surface area contributed by atoms with Crippen LogP contribution >= 0.6 is 0 Å². The van der Waals surface area contributed by atoms with Crippen LogP contribution in [0.5, 0.6) is 0 Å². The highest BCUT2D eigenvalue weighted by Crippen LogP contribution is 2.17. The molecule has 1 unspecified atom stereocenters. The van der Waals surface area contributed by atoms with Gasteiger partial charge in [-0.15, -0.1) is 0 Å². The zero-order chi connectivity index (χ0) is 56.4. The molecule has 6 heteroatoms. The third kappa shape index (κ3) is 63.2. The second-order valence-electron chi connectivity index (χ2n) is 22.0. The van der Waals surface area contributed by atoms with Gasteiger partial charge in [0, 0.05) is 19.3 Å². The van der Waals surface area contributed by atoms with E-state index in [1.807, 2.05) is 0 Å². The highest BCUT2D eigenvalue weighted by atomic mass is 16.6. The fraction of sp³-hybridized carbons (Fsp3) is 0.736. The summed E-state index contributed by atoms with van der Waals surface area (Å²) in [6.07, 6.45) is 88.4. The Morgan fingerprint density at radius 1 is 0.269 bits per heavy atom. The van der Waals surface area contributed by atoms with Crippen molar-refractivity contribution in [2.45, 2.75) is 329 Å². The Morgan fingerprint density at radius 3 is 0.808 bits per heavy atom. The zero-order valence-corrected chi connectivity index (χ0v) is 51.4. The van der Waals surface area contributed by atoms with E-state index in [-0.39, 0.29) is 31.1 Å². The van der Waals surface area contributed by atoms with Crippen molar-refractivity contribution in [2.24, 2.45) is 0 Å². The lowest BCUT2D eigenvalue weighted by atomic mass is 10.0. The Hall–Kier alpha value is -3.67. The molecule has 0 N–H and O–H groups in total. The van der Waals surface area contributed by atoms with E-state index in [0.717, 1.165) is 109 Å². The molecule has 0 radical (unpaired) electrons. The molecular weight excluding hydrogens is 961 g/mol. The molecule has 448 valence electrons. The first-order valence-corrected chi connectivity index (χ1v) is 33.2. The van der Waals surface area contributed by atoms with Gasteiger partial charge in [0.15, 0.2) is 6.10 Å². The third-order valence-corrected chi connectivity index (χ3v) is 14.3. The van der Waals surface area contributed by atoms with Gasteiger partial charge in [-0.25, -0.2) is 0 Å². The molecule has 78 heavy (non-hydrogen) atoms. The molecule has 1 atom stereocenters. The molecule has 0 aliphatic carbocycles. The predicted octanol–water partition coefficient (Wildman–Crippen LogP) is 22.8. The van der Waals surface area contributed by atoms with Gasteiger partial charge in [0.25, 0.3) is 0 Å². The fourth-order valence-electron chi connectivity index (χ4n) is 9.36. The van der Waals surface area contributed by atoms with Crippen LogP contribution in [-0.2, 0) is 28.6 Å². The lowest BCUT2D eigenvalue weighted by Gasteiger charge is -2.18. The molecule has 0 fully saturated rings. The van der Waals surface area contributed by atoms with E-state index < -0.39 is 6.10 Å². The molecule has 0 aliphatic heterocycles. The van der Waals surface area contributed by atoms with Crippen LogP contribution < -0.4 is 0 Å². The minimum absolute atomic E-state index is 0.0873. The maximum Gasteiger partial charge on any atom is 0.306 e. The maximum atomic E-state index is 12.9. The highest BCUT2D eigenvalue weighted by Gasteiger charge is 2.19. The fourth-order valence-corrected chi connectivity index (χ4v) is 9.36. The summed E-state index contributed by atoms with van der Waals surface area (Å²) in [5.74, 6) is -0.912. The Kier molecular flexibility index (Phi) is 62.7. The van der Waals surface area contributed by atoms with E-state index in [0.29, 0.717) is 19.3 Å². The first-order chi connectivity index (χ1) is 38.5. The van der Waals surface area contributed by atoms with Gasteiger partial charge in [-0.2, -0.15) is 0 Å². The average Bonchev–Trinajstić information content (AvgIpc) is 3.44. The number of rotatable bonds is 60. The SMILES string of the molecule is CC/C=C\C/C=C\C/C=C\C/C=C\C/C=C\C/C=C\C/C=C\CCCCCC(=O)OCC(COC(=O)CCCCCCCCCCCCCCCCCCC)OC(=O)CCCCCCCCC/C=C\CCCCCCCCC. The van der Waals surface area contributed by atoms with Crippen LogP contribution in [0.15, 0.2) is 97.2 Å². The molecular formula is C72H124O6.